The maximum Gasteiger partial charge on any atom is 0.123 e. The molecule has 0 spiro atoms. The first kappa shape index (κ1) is 12.7. The van der Waals surface area contributed by atoms with Gasteiger partial charge in [0, 0.05) is 0 Å². The number of hydrogen-bond donors (Lipinski definition) is 1. The summed E-state index contributed by atoms with van der Waals surface area (Å²) in [4.78, 5) is 0. The molecule has 2 rings (SSSR count). The lowest BCUT2D eigenvalue weighted by atomic mass is 9.91. The van der Waals surface area contributed by atoms with Gasteiger partial charge in [-0.3, -0.25) is 5.14 Å². The van der Waals surface area contributed by atoms with Gasteiger partial charge in [0.2, 0.25) is 0 Å². The molecule has 1 aromatic carbocycles. The molecule has 0 heterocycles. The zero-order chi connectivity index (χ0) is 12.6. The van der Waals surface area contributed by atoms with E-state index >= 15 is 0 Å². The minimum Gasteiger partial charge on any atom is -0.251 e. The Morgan fingerprint density at radius 1 is 1.53 bits per heavy atom. The number of benzene rings is 1. The maximum absolute atomic E-state index is 13.1. The Kier molecular flexibility index (Phi) is 3.36. The standard InChI is InChI=1S/C13H18FNOS/c1-13(2,17(15)16)8-10-4-3-9-7-11(14)5-6-12(9)10/h5-7,10H,3-4,8,15H2,1-2H3/t10-,17?/m0/s1. The van der Waals surface area contributed by atoms with E-state index in [1.807, 2.05) is 19.9 Å². The molecule has 2 N–H and O–H groups in total. The molecule has 4 heteroatoms. The van der Waals surface area contributed by atoms with Crippen LogP contribution in [-0.2, 0) is 17.4 Å². The van der Waals surface area contributed by atoms with Crippen molar-refractivity contribution in [2.75, 3.05) is 0 Å². The first-order valence-corrected chi connectivity index (χ1v) is 7.06. The molecule has 1 unspecified atom stereocenters. The van der Waals surface area contributed by atoms with Gasteiger partial charge in [0.1, 0.15) is 5.82 Å². The van der Waals surface area contributed by atoms with Crippen molar-refractivity contribution in [1.29, 1.82) is 0 Å². The summed E-state index contributed by atoms with van der Waals surface area (Å²) < 4.78 is 24.1. The second kappa shape index (κ2) is 4.50. The highest BCUT2D eigenvalue weighted by Gasteiger charge is 2.32. The highest BCUT2D eigenvalue weighted by Crippen LogP contribution is 2.39. The Labute approximate surface area is 104 Å². The molecule has 0 bridgehead atoms. The number of fused-ring (bicyclic) bond motifs is 1. The molecule has 2 nitrogen and oxygen atoms in total. The molecule has 0 aliphatic heterocycles. The van der Waals surface area contributed by atoms with Crippen LogP contribution in [0.1, 0.15) is 43.7 Å². The van der Waals surface area contributed by atoms with E-state index in [9.17, 15) is 8.60 Å². The monoisotopic (exact) mass is 255 g/mol. The van der Waals surface area contributed by atoms with E-state index in [1.54, 1.807) is 6.07 Å². The van der Waals surface area contributed by atoms with Crippen LogP contribution in [0.2, 0.25) is 0 Å². The lowest BCUT2D eigenvalue weighted by molar-refractivity contribution is 0.515. The quantitative estimate of drug-likeness (QED) is 0.886. The third-order valence-corrected chi connectivity index (χ3v) is 4.85. The van der Waals surface area contributed by atoms with Crippen LogP contribution in [0.5, 0.6) is 0 Å². The summed E-state index contributed by atoms with van der Waals surface area (Å²) in [5, 5.41) is 5.50. The first-order valence-electron chi connectivity index (χ1n) is 5.85. The van der Waals surface area contributed by atoms with Crippen LogP contribution in [0.4, 0.5) is 4.39 Å². The smallest absolute Gasteiger partial charge is 0.123 e. The Morgan fingerprint density at radius 3 is 2.88 bits per heavy atom. The second-order valence-electron chi connectivity index (χ2n) is 5.34. The molecule has 17 heavy (non-hydrogen) atoms. The van der Waals surface area contributed by atoms with Crippen molar-refractivity contribution in [3.8, 4) is 0 Å². The zero-order valence-corrected chi connectivity index (χ0v) is 11.0. The van der Waals surface area contributed by atoms with Gasteiger partial charge >= 0.3 is 0 Å². The fraction of sp³-hybridized carbons (Fsp3) is 0.538. The summed E-state index contributed by atoms with van der Waals surface area (Å²) >= 11 is 0. The Balaban J connectivity index is 2.20. The Morgan fingerprint density at radius 2 is 2.24 bits per heavy atom. The van der Waals surface area contributed by atoms with Crippen molar-refractivity contribution < 1.29 is 8.60 Å². The molecule has 0 fully saturated rings. The largest absolute Gasteiger partial charge is 0.251 e. The number of aryl methyl sites for hydroxylation is 1. The molecular formula is C13H18FNOS. The predicted octanol–water partition coefficient (Wildman–Crippen LogP) is 2.65. The topological polar surface area (TPSA) is 43.1 Å². The Hall–Kier alpha value is -0.740. The molecule has 0 radical (unpaired) electrons. The van der Waals surface area contributed by atoms with Crippen LogP contribution in [0.3, 0.4) is 0 Å². The maximum atomic E-state index is 13.1. The lowest BCUT2D eigenvalue weighted by Gasteiger charge is -2.25. The van der Waals surface area contributed by atoms with E-state index in [0.717, 1.165) is 24.8 Å². The van der Waals surface area contributed by atoms with Crippen LogP contribution >= 0.6 is 0 Å². The van der Waals surface area contributed by atoms with Crippen molar-refractivity contribution in [3.63, 3.8) is 0 Å². The molecule has 1 aliphatic carbocycles. The second-order valence-corrected chi connectivity index (χ2v) is 7.04. The van der Waals surface area contributed by atoms with Gasteiger partial charge in [-0.2, -0.15) is 0 Å². The number of hydrogen-bond acceptors (Lipinski definition) is 1. The van der Waals surface area contributed by atoms with Crippen molar-refractivity contribution in [3.05, 3.63) is 35.1 Å². The van der Waals surface area contributed by atoms with E-state index in [1.165, 1.54) is 11.6 Å². The van der Waals surface area contributed by atoms with Crippen LogP contribution in [0.15, 0.2) is 18.2 Å². The fourth-order valence-corrected chi connectivity index (χ4v) is 2.93. The summed E-state index contributed by atoms with van der Waals surface area (Å²) in [6.45, 7) is 3.84. The lowest BCUT2D eigenvalue weighted by Crippen LogP contribution is -2.33. The molecule has 2 atom stereocenters. The van der Waals surface area contributed by atoms with Crippen molar-refractivity contribution in [2.45, 2.75) is 43.8 Å². The van der Waals surface area contributed by atoms with E-state index in [2.05, 4.69) is 0 Å². The third kappa shape index (κ3) is 2.58. The van der Waals surface area contributed by atoms with E-state index < -0.39 is 11.0 Å². The summed E-state index contributed by atoms with van der Waals surface area (Å²) in [7, 11) is -1.33. The summed E-state index contributed by atoms with van der Waals surface area (Å²) in [6.07, 6.45) is 2.69. The number of nitrogens with two attached hydrogens (primary N) is 1. The number of halogens is 1. The molecule has 0 amide bonds. The molecule has 0 aromatic heterocycles. The van der Waals surface area contributed by atoms with Gasteiger partial charge in [-0.15, -0.1) is 0 Å². The highest BCUT2D eigenvalue weighted by molar-refractivity contribution is 7.84. The van der Waals surface area contributed by atoms with Crippen molar-refractivity contribution >= 4 is 11.0 Å². The fourth-order valence-electron chi connectivity index (χ4n) is 2.56. The third-order valence-electron chi connectivity index (χ3n) is 3.59. The predicted molar refractivity (Wildman–Crippen MR) is 68.5 cm³/mol. The Bertz CT molecular complexity index is 459. The van der Waals surface area contributed by atoms with Crippen molar-refractivity contribution in [2.24, 2.45) is 5.14 Å². The van der Waals surface area contributed by atoms with Gasteiger partial charge in [-0.05, 0) is 62.3 Å². The van der Waals surface area contributed by atoms with E-state index in [4.69, 9.17) is 5.14 Å². The van der Waals surface area contributed by atoms with E-state index in [-0.39, 0.29) is 10.6 Å². The highest BCUT2D eigenvalue weighted by atomic mass is 32.2. The molecule has 94 valence electrons. The molecule has 0 saturated heterocycles. The minimum absolute atomic E-state index is 0.175. The zero-order valence-electron chi connectivity index (χ0n) is 10.2. The van der Waals surface area contributed by atoms with Gasteiger partial charge in [-0.25, -0.2) is 8.60 Å². The van der Waals surface area contributed by atoms with Gasteiger partial charge in [0.25, 0.3) is 0 Å². The normalized spacial score (nSPS) is 21.3. The molecule has 1 aliphatic rings. The average Bonchev–Trinajstić information content (AvgIpc) is 2.60. The van der Waals surface area contributed by atoms with Gasteiger partial charge < -0.3 is 0 Å². The number of rotatable bonds is 3. The average molecular weight is 255 g/mol. The summed E-state index contributed by atoms with van der Waals surface area (Å²) in [5.41, 5.74) is 2.29. The van der Waals surface area contributed by atoms with Crippen molar-refractivity contribution in [1.82, 2.24) is 0 Å². The van der Waals surface area contributed by atoms with Gasteiger partial charge in [0.15, 0.2) is 0 Å². The molecule has 0 saturated carbocycles. The summed E-state index contributed by atoms with van der Waals surface area (Å²) in [5.74, 6) is 0.180. The van der Waals surface area contributed by atoms with Crippen LogP contribution < -0.4 is 5.14 Å². The molecular weight excluding hydrogens is 237 g/mol. The van der Waals surface area contributed by atoms with Gasteiger partial charge in [0.05, 0.1) is 15.7 Å². The van der Waals surface area contributed by atoms with Crippen LogP contribution in [0.25, 0.3) is 0 Å². The van der Waals surface area contributed by atoms with Crippen LogP contribution in [-0.4, -0.2) is 8.96 Å². The van der Waals surface area contributed by atoms with Crippen LogP contribution in [0, 0.1) is 5.82 Å². The van der Waals surface area contributed by atoms with E-state index in [0.29, 0.717) is 5.92 Å². The molecule has 1 aromatic rings. The minimum atomic E-state index is -1.33. The first-order chi connectivity index (χ1) is 7.90. The SMILES string of the molecule is CC(C)(C[C@@H]1CCc2cc(F)ccc21)S(N)=O. The summed E-state index contributed by atoms with van der Waals surface area (Å²) in [6, 6.07) is 4.98. The van der Waals surface area contributed by atoms with Gasteiger partial charge in [-0.1, -0.05) is 6.07 Å².